The molecule has 1 aromatic heterocycles. The first-order valence-electron chi connectivity index (χ1n) is 4.37. The van der Waals surface area contributed by atoms with Crippen molar-refractivity contribution in [3.8, 4) is 0 Å². The van der Waals surface area contributed by atoms with Gasteiger partial charge in [-0.05, 0) is 6.07 Å². The summed E-state index contributed by atoms with van der Waals surface area (Å²) in [5.74, 6) is -0.133. The number of rotatable bonds is 4. The fraction of sp³-hybridized carbons (Fsp3) is 0.333. The van der Waals surface area contributed by atoms with Crippen LogP contribution in [-0.2, 0) is 7.05 Å². The summed E-state index contributed by atoms with van der Waals surface area (Å²) in [7, 11) is 1.73. The summed E-state index contributed by atoms with van der Waals surface area (Å²) < 4.78 is 1.53. The maximum atomic E-state index is 11.5. The number of carbonyl (C=O) groups is 1. The van der Waals surface area contributed by atoms with Crippen LogP contribution in [-0.4, -0.2) is 28.8 Å². The van der Waals surface area contributed by atoms with Gasteiger partial charge >= 0.3 is 0 Å². The molecule has 0 aromatic carbocycles. The zero-order valence-corrected chi connectivity index (χ0v) is 8.10. The Hall–Kier alpha value is -1.62. The number of hydrogen-bond acceptors (Lipinski definition) is 3. The molecule has 0 fully saturated rings. The van der Waals surface area contributed by atoms with E-state index in [4.69, 9.17) is 5.73 Å². The van der Waals surface area contributed by atoms with Crippen molar-refractivity contribution in [2.24, 2.45) is 12.8 Å². The highest BCUT2D eigenvalue weighted by Gasteiger charge is 2.07. The van der Waals surface area contributed by atoms with E-state index in [1.54, 1.807) is 25.4 Å². The number of hydrogen-bond donors (Lipinski definition) is 2. The van der Waals surface area contributed by atoms with Gasteiger partial charge in [-0.15, -0.1) is 0 Å². The van der Waals surface area contributed by atoms with Crippen molar-refractivity contribution < 1.29 is 4.79 Å². The largest absolute Gasteiger partial charge is 0.347 e. The monoisotopic (exact) mass is 194 g/mol. The van der Waals surface area contributed by atoms with Crippen LogP contribution in [0.5, 0.6) is 0 Å². The van der Waals surface area contributed by atoms with Gasteiger partial charge < -0.3 is 11.1 Å². The summed E-state index contributed by atoms with van der Waals surface area (Å²) in [6.45, 7) is 0.975. The van der Waals surface area contributed by atoms with Crippen LogP contribution in [0.2, 0.25) is 0 Å². The minimum atomic E-state index is -0.133. The quantitative estimate of drug-likeness (QED) is 0.644. The summed E-state index contributed by atoms with van der Waals surface area (Å²) in [6.07, 6.45) is 5.20. The molecule has 1 rings (SSSR count). The Balaban J connectivity index is 2.44. The molecule has 1 heterocycles. The van der Waals surface area contributed by atoms with Crippen molar-refractivity contribution in [2.45, 2.75) is 0 Å². The van der Waals surface area contributed by atoms with Gasteiger partial charge in [0, 0.05) is 26.3 Å². The van der Waals surface area contributed by atoms with E-state index < -0.39 is 0 Å². The molecule has 0 unspecified atom stereocenters. The van der Waals surface area contributed by atoms with Crippen LogP contribution in [0.15, 0.2) is 24.4 Å². The van der Waals surface area contributed by atoms with Crippen molar-refractivity contribution in [1.29, 1.82) is 0 Å². The molecule has 14 heavy (non-hydrogen) atoms. The molecular weight excluding hydrogens is 180 g/mol. The molecule has 5 nitrogen and oxygen atoms in total. The molecule has 0 atom stereocenters. The first kappa shape index (κ1) is 10.5. The molecule has 0 aliphatic rings. The number of aromatic nitrogens is 2. The lowest BCUT2D eigenvalue weighted by molar-refractivity contribution is 0.0948. The standard InChI is InChI=1S/C9H14N4O/c1-13-8(4-7-12-13)9(14)11-6-3-2-5-10/h2-4,7H,5-6,10H2,1H3,(H,11,14)/b3-2+. The van der Waals surface area contributed by atoms with Crippen LogP contribution in [0.4, 0.5) is 0 Å². The Morgan fingerprint density at radius 2 is 2.50 bits per heavy atom. The van der Waals surface area contributed by atoms with E-state index in [0.29, 0.717) is 18.8 Å². The third-order valence-electron chi connectivity index (χ3n) is 1.74. The molecule has 0 saturated carbocycles. The third-order valence-corrected chi connectivity index (χ3v) is 1.74. The third kappa shape index (κ3) is 2.70. The van der Waals surface area contributed by atoms with Gasteiger partial charge in [0.2, 0.25) is 0 Å². The van der Waals surface area contributed by atoms with Crippen LogP contribution < -0.4 is 11.1 Å². The highest BCUT2D eigenvalue weighted by atomic mass is 16.2. The summed E-state index contributed by atoms with van der Waals surface area (Å²) in [5.41, 5.74) is 5.80. The van der Waals surface area contributed by atoms with Gasteiger partial charge in [-0.2, -0.15) is 5.10 Å². The smallest absolute Gasteiger partial charge is 0.269 e. The molecule has 0 spiro atoms. The average molecular weight is 194 g/mol. The van der Waals surface area contributed by atoms with Gasteiger partial charge in [-0.25, -0.2) is 0 Å². The van der Waals surface area contributed by atoms with Gasteiger partial charge in [-0.3, -0.25) is 9.48 Å². The molecule has 0 aliphatic heterocycles. The Kier molecular flexibility index (Phi) is 3.87. The van der Waals surface area contributed by atoms with E-state index in [9.17, 15) is 4.79 Å². The van der Waals surface area contributed by atoms with Gasteiger partial charge in [0.1, 0.15) is 5.69 Å². The van der Waals surface area contributed by atoms with E-state index in [0.717, 1.165) is 0 Å². The van der Waals surface area contributed by atoms with Crippen LogP contribution in [0.1, 0.15) is 10.5 Å². The summed E-state index contributed by atoms with van der Waals surface area (Å²) in [4.78, 5) is 11.5. The van der Waals surface area contributed by atoms with E-state index in [2.05, 4.69) is 10.4 Å². The molecule has 76 valence electrons. The molecular formula is C9H14N4O. The Morgan fingerprint density at radius 1 is 1.71 bits per heavy atom. The number of amides is 1. The number of carbonyl (C=O) groups excluding carboxylic acids is 1. The van der Waals surface area contributed by atoms with Crippen LogP contribution in [0.3, 0.4) is 0 Å². The molecule has 0 saturated heterocycles. The van der Waals surface area contributed by atoms with Crippen molar-refractivity contribution in [2.75, 3.05) is 13.1 Å². The fourth-order valence-electron chi connectivity index (χ4n) is 1.02. The normalized spacial score (nSPS) is 10.7. The number of aryl methyl sites for hydroxylation is 1. The van der Waals surface area contributed by atoms with Gasteiger partial charge in [0.05, 0.1) is 0 Å². The molecule has 0 radical (unpaired) electrons. The van der Waals surface area contributed by atoms with Crippen LogP contribution in [0.25, 0.3) is 0 Å². The number of nitrogens with one attached hydrogen (secondary N) is 1. The lowest BCUT2D eigenvalue weighted by Crippen LogP contribution is -2.25. The molecule has 1 aromatic rings. The topological polar surface area (TPSA) is 72.9 Å². The van der Waals surface area contributed by atoms with E-state index in [1.165, 1.54) is 4.68 Å². The highest BCUT2D eigenvalue weighted by Crippen LogP contribution is 1.94. The van der Waals surface area contributed by atoms with Gasteiger partial charge in [0.15, 0.2) is 0 Å². The maximum Gasteiger partial charge on any atom is 0.269 e. The van der Waals surface area contributed by atoms with Crippen LogP contribution >= 0.6 is 0 Å². The summed E-state index contributed by atoms with van der Waals surface area (Å²) >= 11 is 0. The number of nitrogens with zero attached hydrogens (tertiary/aromatic N) is 2. The fourth-order valence-corrected chi connectivity index (χ4v) is 1.02. The minimum Gasteiger partial charge on any atom is -0.347 e. The van der Waals surface area contributed by atoms with E-state index in [-0.39, 0.29) is 5.91 Å². The Labute approximate surface area is 82.6 Å². The molecule has 0 aliphatic carbocycles. The predicted octanol–water partition coefficient (Wildman–Crippen LogP) is -0.335. The zero-order valence-electron chi connectivity index (χ0n) is 8.10. The Bertz CT molecular complexity index is 329. The first-order chi connectivity index (χ1) is 6.75. The van der Waals surface area contributed by atoms with E-state index in [1.807, 2.05) is 6.08 Å². The zero-order chi connectivity index (χ0) is 10.4. The molecule has 5 heteroatoms. The Morgan fingerprint density at radius 3 is 3.07 bits per heavy atom. The van der Waals surface area contributed by atoms with Crippen molar-refractivity contribution in [3.05, 3.63) is 30.1 Å². The summed E-state index contributed by atoms with van der Waals surface area (Å²) in [6, 6.07) is 1.67. The average Bonchev–Trinajstić information content (AvgIpc) is 2.59. The lowest BCUT2D eigenvalue weighted by Gasteiger charge is -2.01. The highest BCUT2D eigenvalue weighted by molar-refractivity contribution is 5.92. The molecule has 0 bridgehead atoms. The summed E-state index contributed by atoms with van der Waals surface area (Å²) in [5, 5.41) is 6.62. The second-order valence-corrected chi connectivity index (χ2v) is 2.76. The lowest BCUT2D eigenvalue weighted by atomic mass is 10.4. The SMILES string of the molecule is Cn1nccc1C(=O)NC/C=C/CN. The predicted molar refractivity (Wildman–Crippen MR) is 53.7 cm³/mol. The second kappa shape index (κ2) is 5.18. The number of nitrogens with two attached hydrogens (primary N) is 1. The maximum absolute atomic E-state index is 11.5. The first-order valence-corrected chi connectivity index (χ1v) is 4.37. The molecule has 3 N–H and O–H groups in total. The van der Waals surface area contributed by atoms with Crippen molar-refractivity contribution >= 4 is 5.91 Å². The molecule has 1 amide bonds. The second-order valence-electron chi connectivity index (χ2n) is 2.76. The van der Waals surface area contributed by atoms with Crippen LogP contribution in [0, 0.1) is 0 Å². The van der Waals surface area contributed by atoms with Crippen molar-refractivity contribution in [3.63, 3.8) is 0 Å². The van der Waals surface area contributed by atoms with Crippen molar-refractivity contribution in [1.82, 2.24) is 15.1 Å². The van der Waals surface area contributed by atoms with Gasteiger partial charge in [0.25, 0.3) is 5.91 Å². The minimum absolute atomic E-state index is 0.133. The van der Waals surface area contributed by atoms with E-state index >= 15 is 0 Å². The van der Waals surface area contributed by atoms with Gasteiger partial charge in [-0.1, -0.05) is 12.2 Å².